The van der Waals surface area contributed by atoms with Gasteiger partial charge in [0.15, 0.2) is 6.61 Å². The number of rotatable bonds is 26. The summed E-state index contributed by atoms with van der Waals surface area (Å²) in [6, 6.07) is 19.4. The Morgan fingerprint density at radius 3 is 1.76 bits per heavy atom. The van der Waals surface area contributed by atoms with Crippen molar-refractivity contribution in [1.82, 2.24) is 36.9 Å². The van der Waals surface area contributed by atoms with Crippen LogP contribution in [0.25, 0.3) is 10.9 Å². The lowest BCUT2D eigenvalue weighted by Gasteiger charge is -2.27. The lowest BCUT2D eigenvalue weighted by atomic mass is 10.0. The fraction of sp³-hybridized carbons (Fsp3) is 0.271. The van der Waals surface area contributed by atoms with Crippen molar-refractivity contribution in [2.75, 3.05) is 18.9 Å². The molecule has 7 amide bonds. The van der Waals surface area contributed by atoms with Gasteiger partial charge in [0.05, 0.1) is 6.42 Å². The number of phenolic OH excluding ortho intramolecular Hbond substituents is 1. The summed E-state index contributed by atoms with van der Waals surface area (Å²) in [6.07, 6.45) is -0.852. The fourth-order valence-corrected chi connectivity index (χ4v) is 7.13. The van der Waals surface area contributed by atoms with Crippen molar-refractivity contribution >= 4 is 69.9 Å². The largest absolute Gasteiger partial charge is 0.508 e. The zero-order valence-corrected chi connectivity index (χ0v) is 37.5. The molecule has 4 aromatic carbocycles. The van der Waals surface area contributed by atoms with Gasteiger partial charge < -0.3 is 68.4 Å². The normalized spacial score (nSPS) is 13.0. The number of H-pyrrole nitrogens is 1. The number of aromatic nitrogens is 1. The number of aromatic hydroxyl groups is 1. The van der Waals surface area contributed by atoms with Crippen LogP contribution in [0.1, 0.15) is 36.0 Å². The summed E-state index contributed by atoms with van der Waals surface area (Å²) in [6.45, 7) is -1.33. The quantitative estimate of drug-likeness (QED) is 0.0323. The number of ether oxygens (including phenoxy) is 1. The maximum Gasteiger partial charge on any atom is 0.322 e. The highest BCUT2D eigenvalue weighted by Crippen LogP contribution is 2.20. The van der Waals surface area contributed by atoms with Crippen LogP contribution in [0.5, 0.6) is 11.5 Å². The molecule has 0 aliphatic rings. The number of nitrogens with one attached hydrogen (secondary N) is 7. The molecule has 0 fully saturated rings. The van der Waals surface area contributed by atoms with Gasteiger partial charge in [-0.3, -0.25) is 43.2 Å². The molecule has 0 unspecified atom stereocenters. The summed E-state index contributed by atoms with van der Waals surface area (Å²) in [5.74, 6) is -9.30. The second-order valence-corrected chi connectivity index (χ2v) is 16.1. The van der Waals surface area contributed by atoms with Gasteiger partial charge in [0.25, 0.3) is 5.91 Å². The standard InChI is InChI=1S/C48H53N9O13/c49-30-12-16-32(17-13-30)70-26-41(60)53-37(21-28-10-14-31(58)15-11-28)46(67)54-35(18-19-40(50)59)45(66)56-38(22-29-24-51-34-9-5-4-8-33(29)34)47(68)57-39(23-42(61)62)48(69)55-36(44(65)52-25-43(63)64)20-27-6-2-1-3-7-27/h1-17,24,35-39,51,58H,18-23,25-26,49H2,(H2,50,59)(H,52,65)(H,53,60)(H,54,67)(H,55,69)(H,56,66)(H,57,68)(H,61,62)(H,63,64)/t35-,36-,37-,38-,39-/m0/s1. The number of carboxylic acids is 2. The van der Waals surface area contributed by atoms with Crippen LogP contribution >= 0.6 is 0 Å². The number of fused-ring (bicyclic) bond motifs is 1. The molecule has 1 heterocycles. The first-order valence-corrected chi connectivity index (χ1v) is 21.8. The minimum absolute atomic E-state index is 0.0670. The van der Waals surface area contributed by atoms with E-state index in [1.54, 1.807) is 72.9 Å². The van der Waals surface area contributed by atoms with Crippen LogP contribution in [-0.2, 0) is 62.4 Å². The van der Waals surface area contributed by atoms with E-state index in [-0.39, 0.29) is 25.0 Å². The highest BCUT2D eigenvalue weighted by molar-refractivity contribution is 5.98. The molecule has 0 radical (unpaired) electrons. The number of para-hydroxylation sites is 1. The van der Waals surface area contributed by atoms with Gasteiger partial charge >= 0.3 is 11.9 Å². The van der Waals surface area contributed by atoms with Crippen LogP contribution in [0.3, 0.4) is 0 Å². The lowest BCUT2D eigenvalue weighted by molar-refractivity contribution is -0.142. The number of benzene rings is 4. The Bertz CT molecular complexity index is 2660. The van der Waals surface area contributed by atoms with Gasteiger partial charge in [-0.2, -0.15) is 0 Å². The number of phenols is 1. The van der Waals surface area contributed by atoms with Crippen LogP contribution in [0.15, 0.2) is 109 Å². The first kappa shape index (κ1) is 52.0. The molecule has 0 saturated heterocycles. The van der Waals surface area contributed by atoms with Gasteiger partial charge in [0, 0.05) is 48.5 Å². The summed E-state index contributed by atoms with van der Waals surface area (Å²) in [5.41, 5.74) is 13.8. The van der Waals surface area contributed by atoms with E-state index in [2.05, 4.69) is 36.9 Å². The molecule has 14 N–H and O–H groups in total. The average molecular weight is 964 g/mol. The molecule has 368 valence electrons. The number of aliphatic carboxylic acids is 2. The molecule has 0 bridgehead atoms. The monoisotopic (exact) mass is 963 g/mol. The summed E-state index contributed by atoms with van der Waals surface area (Å²) in [5, 5.41) is 44.2. The number of carbonyl (C=O) groups is 9. The van der Waals surface area contributed by atoms with Crippen LogP contribution in [-0.4, -0.2) is 117 Å². The van der Waals surface area contributed by atoms with E-state index in [0.717, 1.165) is 0 Å². The van der Waals surface area contributed by atoms with E-state index in [9.17, 15) is 53.4 Å². The smallest absolute Gasteiger partial charge is 0.322 e. The zero-order chi connectivity index (χ0) is 50.7. The fourth-order valence-electron chi connectivity index (χ4n) is 7.13. The third-order valence-corrected chi connectivity index (χ3v) is 10.7. The molecule has 0 spiro atoms. The number of amides is 7. The number of anilines is 1. The van der Waals surface area contributed by atoms with E-state index in [1.807, 2.05) is 0 Å². The number of carboxylic acid groups (broad SMARTS) is 2. The van der Waals surface area contributed by atoms with Crippen molar-refractivity contribution < 1.29 is 63.2 Å². The molecular weight excluding hydrogens is 911 g/mol. The van der Waals surface area contributed by atoms with Gasteiger partial charge in [-0.1, -0.05) is 60.7 Å². The number of hydrogen-bond acceptors (Lipinski definition) is 12. The topological polar surface area (TPSA) is 364 Å². The SMILES string of the molecule is NC(=O)CC[C@H](NC(=O)[C@H](Cc1ccc(O)cc1)NC(=O)COc1ccc(N)cc1)C(=O)N[C@@H](Cc1c[nH]c2ccccc12)C(=O)N[C@@H](CC(=O)O)C(=O)N[C@@H](Cc1ccccc1)C(=O)NCC(=O)O. The third-order valence-electron chi connectivity index (χ3n) is 10.7. The van der Waals surface area contributed by atoms with Crippen molar-refractivity contribution in [2.45, 2.75) is 68.7 Å². The maximum atomic E-state index is 14.4. The first-order valence-electron chi connectivity index (χ1n) is 21.8. The summed E-state index contributed by atoms with van der Waals surface area (Å²) >= 11 is 0. The summed E-state index contributed by atoms with van der Waals surface area (Å²) in [4.78, 5) is 122. The maximum absolute atomic E-state index is 14.4. The lowest BCUT2D eigenvalue weighted by Crippen LogP contribution is -2.60. The Kier molecular flexibility index (Phi) is 18.8. The number of nitrogen functional groups attached to an aromatic ring is 1. The van der Waals surface area contributed by atoms with Gasteiger partial charge in [0.2, 0.25) is 35.4 Å². The summed E-state index contributed by atoms with van der Waals surface area (Å²) in [7, 11) is 0. The molecule has 0 aliphatic heterocycles. The van der Waals surface area contributed by atoms with E-state index in [4.69, 9.17) is 21.3 Å². The molecule has 0 aliphatic carbocycles. The second kappa shape index (κ2) is 25.3. The average Bonchev–Trinajstić information content (AvgIpc) is 3.74. The Morgan fingerprint density at radius 2 is 1.13 bits per heavy atom. The van der Waals surface area contributed by atoms with Gasteiger partial charge in [-0.15, -0.1) is 0 Å². The summed E-state index contributed by atoms with van der Waals surface area (Å²) < 4.78 is 5.54. The van der Waals surface area contributed by atoms with Crippen molar-refractivity contribution in [3.05, 3.63) is 126 Å². The third kappa shape index (κ3) is 16.4. The molecular formula is C48H53N9O13. The molecule has 22 heteroatoms. The number of carbonyl (C=O) groups excluding carboxylic acids is 7. The van der Waals surface area contributed by atoms with Crippen LogP contribution in [0.4, 0.5) is 5.69 Å². The number of aromatic amines is 1. The van der Waals surface area contributed by atoms with Gasteiger partial charge in [-0.25, -0.2) is 0 Å². The Balaban J connectivity index is 1.41. The molecule has 1 aromatic heterocycles. The molecule has 0 saturated carbocycles. The minimum Gasteiger partial charge on any atom is -0.508 e. The van der Waals surface area contributed by atoms with Crippen LogP contribution in [0.2, 0.25) is 0 Å². The predicted octanol–water partition coefficient (Wildman–Crippen LogP) is -0.0724. The van der Waals surface area contributed by atoms with E-state index in [0.29, 0.717) is 39.0 Å². The van der Waals surface area contributed by atoms with Crippen molar-refractivity contribution in [1.29, 1.82) is 0 Å². The zero-order valence-electron chi connectivity index (χ0n) is 37.5. The van der Waals surface area contributed by atoms with Crippen molar-refractivity contribution in [2.24, 2.45) is 5.73 Å². The number of primary amides is 1. The molecule has 22 nitrogen and oxygen atoms in total. The molecule has 5 aromatic rings. The van der Waals surface area contributed by atoms with E-state index in [1.165, 1.54) is 36.4 Å². The van der Waals surface area contributed by atoms with E-state index < -0.39 is 116 Å². The van der Waals surface area contributed by atoms with Crippen molar-refractivity contribution in [3.8, 4) is 11.5 Å². The van der Waals surface area contributed by atoms with Gasteiger partial charge in [0.1, 0.15) is 48.3 Å². The Hall–Kier alpha value is -8.95. The predicted molar refractivity (Wildman–Crippen MR) is 251 cm³/mol. The van der Waals surface area contributed by atoms with Gasteiger partial charge in [-0.05, 0) is 65.6 Å². The van der Waals surface area contributed by atoms with E-state index >= 15 is 0 Å². The highest BCUT2D eigenvalue weighted by Gasteiger charge is 2.34. The molecule has 70 heavy (non-hydrogen) atoms. The Morgan fingerprint density at radius 1 is 0.586 bits per heavy atom. The first-order chi connectivity index (χ1) is 33.4. The molecule has 5 atom stereocenters. The Labute approximate surface area is 399 Å². The second-order valence-electron chi connectivity index (χ2n) is 16.1. The van der Waals surface area contributed by atoms with Crippen LogP contribution < -0.4 is 48.1 Å². The van der Waals surface area contributed by atoms with Crippen molar-refractivity contribution in [3.63, 3.8) is 0 Å². The number of hydrogen-bond donors (Lipinski definition) is 12. The number of nitrogens with two attached hydrogens (primary N) is 2. The van der Waals surface area contributed by atoms with Crippen LogP contribution in [0, 0.1) is 0 Å². The minimum atomic E-state index is -1.86. The highest BCUT2D eigenvalue weighted by atomic mass is 16.5. The molecule has 5 rings (SSSR count).